The fraction of sp³-hybridized carbons (Fsp3) is 0.600. The molecular weight excluding hydrogens is 360 g/mol. The maximum Gasteiger partial charge on any atom is 0.306 e. The van der Waals surface area contributed by atoms with Gasteiger partial charge in [0.15, 0.2) is 0 Å². The molecule has 2 aliphatic heterocycles. The van der Waals surface area contributed by atoms with Crippen LogP contribution in [0.15, 0.2) is 24.5 Å². The zero-order valence-corrected chi connectivity index (χ0v) is 16.5. The molecule has 2 aliphatic rings. The van der Waals surface area contributed by atoms with Gasteiger partial charge in [0.1, 0.15) is 0 Å². The molecule has 0 aromatic carbocycles. The van der Waals surface area contributed by atoms with Crippen LogP contribution in [-0.2, 0) is 19.1 Å². The van der Waals surface area contributed by atoms with Gasteiger partial charge >= 0.3 is 5.97 Å². The highest BCUT2D eigenvalue weighted by molar-refractivity contribution is 5.96. The Morgan fingerprint density at radius 2 is 2.04 bits per heavy atom. The second kappa shape index (κ2) is 8.68. The Morgan fingerprint density at radius 3 is 2.75 bits per heavy atom. The first-order chi connectivity index (χ1) is 13.5. The minimum atomic E-state index is -0.526. The topological polar surface area (TPSA) is 91.8 Å². The van der Waals surface area contributed by atoms with Crippen LogP contribution in [0.4, 0.5) is 5.69 Å². The number of rotatable bonds is 5. The molecule has 0 spiro atoms. The predicted molar refractivity (Wildman–Crippen MR) is 103 cm³/mol. The summed E-state index contributed by atoms with van der Waals surface area (Å²) in [7, 11) is 3.36. The second-order valence-corrected chi connectivity index (χ2v) is 7.59. The summed E-state index contributed by atoms with van der Waals surface area (Å²) in [4.78, 5) is 45.2. The number of ether oxygens (including phenoxy) is 1. The van der Waals surface area contributed by atoms with Gasteiger partial charge < -0.3 is 19.9 Å². The van der Waals surface area contributed by atoms with Crippen molar-refractivity contribution < 1.29 is 19.1 Å². The molecule has 8 heteroatoms. The number of hydrogen-bond donors (Lipinski definition) is 1. The number of hydrogen-bond acceptors (Lipinski definition) is 6. The number of nitrogens with zero attached hydrogens (tertiary/aromatic N) is 3. The fourth-order valence-electron chi connectivity index (χ4n) is 4.42. The zero-order chi connectivity index (χ0) is 20.1. The maximum absolute atomic E-state index is 13.3. The van der Waals surface area contributed by atoms with Gasteiger partial charge in [-0.15, -0.1) is 0 Å². The van der Waals surface area contributed by atoms with Gasteiger partial charge in [-0.1, -0.05) is 0 Å². The van der Waals surface area contributed by atoms with Gasteiger partial charge in [0, 0.05) is 31.7 Å². The summed E-state index contributed by atoms with van der Waals surface area (Å²) in [6.07, 6.45) is 5.65. The minimum Gasteiger partial charge on any atom is -0.469 e. The predicted octanol–water partition coefficient (Wildman–Crippen LogP) is 1.29. The molecule has 1 aromatic heterocycles. The molecule has 152 valence electrons. The lowest BCUT2D eigenvalue weighted by Crippen LogP contribution is -2.46. The molecule has 0 radical (unpaired) electrons. The Hall–Kier alpha value is -2.48. The average Bonchev–Trinajstić information content (AvgIpc) is 2.90. The standard InChI is InChI=1S/C20H28N4O4/c1-23-12-8-20(19(27)22-15-4-3-10-21-14-15)9-13-24(11-7-16(20)23)17(25)5-6-18(26)28-2/h3-4,10,14,16H,5-9,11-13H2,1-2H3,(H,22,27)/t16-,20-/m1/s1. The third-order valence-corrected chi connectivity index (χ3v) is 6.08. The van der Waals surface area contributed by atoms with Crippen LogP contribution in [0.1, 0.15) is 32.1 Å². The summed E-state index contributed by atoms with van der Waals surface area (Å²) >= 11 is 0. The van der Waals surface area contributed by atoms with Crippen LogP contribution < -0.4 is 5.32 Å². The van der Waals surface area contributed by atoms with Gasteiger partial charge in [0.2, 0.25) is 11.8 Å². The number of anilines is 1. The van der Waals surface area contributed by atoms with Crippen molar-refractivity contribution in [3.05, 3.63) is 24.5 Å². The number of likely N-dealkylation sites (tertiary alicyclic amines) is 2. The van der Waals surface area contributed by atoms with Crippen molar-refractivity contribution >= 4 is 23.5 Å². The molecule has 8 nitrogen and oxygen atoms in total. The molecule has 1 N–H and O–H groups in total. The number of aromatic nitrogens is 1. The summed E-state index contributed by atoms with van der Waals surface area (Å²) in [5.74, 6) is -0.443. The van der Waals surface area contributed by atoms with Crippen molar-refractivity contribution in [2.24, 2.45) is 5.41 Å². The van der Waals surface area contributed by atoms with Crippen LogP contribution in [0.25, 0.3) is 0 Å². The van der Waals surface area contributed by atoms with Crippen LogP contribution in [0.5, 0.6) is 0 Å². The molecule has 2 saturated heterocycles. The number of carbonyl (C=O) groups is 3. The molecule has 3 rings (SSSR count). The van der Waals surface area contributed by atoms with Crippen molar-refractivity contribution in [1.82, 2.24) is 14.8 Å². The lowest BCUT2D eigenvalue weighted by atomic mass is 9.75. The minimum absolute atomic E-state index is 0.00119. The smallest absolute Gasteiger partial charge is 0.306 e. The van der Waals surface area contributed by atoms with Crippen LogP contribution >= 0.6 is 0 Å². The summed E-state index contributed by atoms with van der Waals surface area (Å²) in [6.45, 7) is 1.98. The Morgan fingerprint density at radius 1 is 1.25 bits per heavy atom. The van der Waals surface area contributed by atoms with Crippen molar-refractivity contribution in [1.29, 1.82) is 0 Å². The first kappa shape index (κ1) is 20.3. The highest BCUT2D eigenvalue weighted by Gasteiger charge is 2.52. The maximum atomic E-state index is 13.3. The quantitative estimate of drug-likeness (QED) is 0.764. The summed E-state index contributed by atoms with van der Waals surface area (Å²) in [5.41, 5.74) is 0.160. The van der Waals surface area contributed by atoms with E-state index in [2.05, 4.69) is 19.9 Å². The van der Waals surface area contributed by atoms with Crippen LogP contribution in [0.2, 0.25) is 0 Å². The number of pyridine rings is 1. The van der Waals surface area contributed by atoms with Gasteiger partial charge in [-0.2, -0.15) is 0 Å². The normalized spacial score (nSPS) is 24.9. The number of amides is 2. The van der Waals surface area contributed by atoms with Gasteiger partial charge in [-0.3, -0.25) is 19.4 Å². The second-order valence-electron chi connectivity index (χ2n) is 7.59. The van der Waals surface area contributed by atoms with Crippen molar-refractivity contribution in [2.75, 3.05) is 39.1 Å². The van der Waals surface area contributed by atoms with E-state index in [1.807, 2.05) is 13.1 Å². The largest absolute Gasteiger partial charge is 0.469 e. The molecule has 1 aromatic rings. The third-order valence-electron chi connectivity index (χ3n) is 6.08. The molecule has 0 saturated carbocycles. The Kier molecular flexibility index (Phi) is 6.28. The van der Waals surface area contributed by atoms with E-state index in [9.17, 15) is 14.4 Å². The first-order valence-electron chi connectivity index (χ1n) is 9.72. The molecule has 2 amide bonds. The third kappa shape index (κ3) is 4.16. The lowest BCUT2D eigenvalue weighted by molar-refractivity contribution is -0.143. The number of nitrogens with one attached hydrogen (secondary N) is 1. The van der Waals surface area contributed by atoms with E-state index in [1.165, 1.54) is 7.11 Å². The molecule has 28 heavy (non-hydrogen) atoms. The molecule has 0 bridgehead atoms. The van der Waals surface area contributed by atoms with E-state index >= 15 is 0 Å². The molecule has 2 atom stereocenters. The zero-order valence-electron chi connectivity index (χ0n) is 16.5. The van der Waals surface area contributed by atoms with Crippen molar-refractivity contribution in [3.8, 4) is 0 Å². The Balaban J connectivity index is 1.71. The average molecular weight is 388 g/mol. The number of esters is 1. The van der Waals surface area contributed by atoms with Gasteiger partial charge in [-0.25, -0.2) is 0 Å². The van der Waals surface area contributed by atoms with Crippen LogP contribution in [-0.4, -0.2) is 72.4 Å². The van der Waals surface area contributed by atoms with Gasteiger partial charge in [0.05, 0.1) is 30.8 Å². The number of fused-ring (bicyclic) bond motifs is 1. The van der Waals surface area contributed by atoms with Crippen LogP contribution in [0, 0.1) is 5.41 Å². The Bertz CT molecular complexity index is 726. The van der Waals surface area contributed by atoms with E-state index in [0.717, 1.165) is 19.4 Å². The van der Waals surface area contributed by atoms with E-state index in [0.29, 0.717) is 25.2 Å². The van der Waals surface area contributed by atoms with Gasteiger partial charge in [0.25, 0.3) is 0 Å². The van der Waals surface area contributed by atoms with Crippen LogP contribution in [0.3, 0.4) is 0 Å². The number of carbonyl (C=O) groups excluding carboxylic acids is 3. The summed E-state index contributed by atoms with van der Waals surface area (Å²) < 4.78 is 4.62. The van der Waals surface area contributed by atoms with E-state index < -0.39 is 5.41 Å². The Labute approximate surface area is 165 Å². The summed E-state index contributed by atoms with van der Waals surface area (Å²) in [5, 5.41) is 3.02. The number of methoxy groups -OCH3 is 1. The molecular formula is C20H28N4O4. The van der Waals surface area contributed by atoms with Crippen molar-refractivity contribution in [2.45, 2.75) is 38.1 Å². The SMILES string of the molecule is COC(=O)CCC(=O)N1CC[C@H]2N(C)CC[C@@]2(C(=O)Nc2cccnc2)CC1. The monoisotopic (exact) mass is 388 g/mol. The molecule has 2 fully saturated rings. The molecule has 3 heterocycles. The highest BCUT2D eigenvalue weighted by atomic mass is 16.5. The summed E-state index contributed by atoms with van der Waals surface area (Å²) in [6, 6.07) is 3.71. The fourth-order valence-corrected chi connectivity index (χ4v) is 4.42. The first-order valence-corrected chi connectivity index (χ1v) is 9.72. The lowest BCUT2D eigenvalue weighted by Gasteiger charge is -2.34. The molecule has 0 aliphatic carbocycles. The van der Waals surface area contributed by atoms with Gasteiger partial charge in [-0.05, 0) is 45.0 Å². The van der Waals surface area contributed by atoms with E-state index in [4.69, 9.17) is 0 Å². The van der Waals surface area contributed by atoms with Crippen molar-refractivity contribution in [3.63, 3.8) is 0 Å². The molecule has 0 unspecified atom stereocenters. The van der Waals surface area contributed by atoms with E-state index in [1.54, 1.807) is 23.4 Å². The highest BCUT2D eigenvalue weighted by Crippen LogP contribution is 2.44. The van der Waals surface area contributed by atoms with E-state index in [-0.39, 0.29) is 36.7 Å².